The second kappa shape index (κ2) is 8.10. The Morgan fingerprint density at radius 1 is 1.06 bits per heavy atom. The smallest absolute Gasteiger partial charge is 0.0494 e. The number of hydrogen-bond acceptors (Lipinski definition) is 2. The van der Waals surface area contributed by atoms with Crippen LogP contribution in [0.25, 0.3) is 0 Å². The number of rotatable bonds is 8. The summed E-state index contributed by atoms with van der Waals surface area (Å²) in [5.41, 5.74) is 0.263. The minimum Gasteiger partial charge on any atom is -0.381 e. The molecule has 1 fully saturated rings. The van der Waals surface area contributed by atoms with E-state index in [1.807, 2.05) is 0 Å². The van der Waals surface area contributed by atoms with Crippen molar-refractivity contribution in [2.45, 2.75) is 71.3 Å². The quantitative estimate of drug-likeness (QED) is 0.653. The first-order valence-electron chi connectivity index (χ1n) is 7.41. The number of hydrogen-bond donors (Lipinski definition) is 1. The Bertz CT molecular complexity index is 180. The monoisotopic (exact) mass is 241 g/mol. The van der Waals surface area contributed by atoms with Crippen LogP contribution in [0, 0.1) is 5.92 Å². The highest BCUT2D eigenvalue weighted by Crippen LogP contribution is 2.24. The molecule has 0 saturated heterocycles. The summed E-state index contributed by atoms with van der Waals surface area (Å²) in [5.74, 6) is 0.873. The van der Waals surface area contributed by atoms with Gasteiger partial charge in [0.1, 0.15) is 0 Å². The zero-order valence-electron chi connectivity index (χ0n) is 12.1. The molecule has 0 aromatic carbocycles. The highest BCUT2D eigenvalue weighted by Gasteiger charge is 2.14. The SMILES string of the molecule is CC(C)(C)NCCCCCOCC1CCCC1. The van der Waals surface area contributed by atoms with E-state index in [2.05, 4.69) is 26.1 Å². The Morgan fingerprint density at radius 3 is 2.41 bits per heavy atom. The van der Waals surface area contributed by atoms with Gasteiger partial charge in [0.15, 0.2) is 0 Å². The van der Waals surface area contributed by atoms with Crippen molar-refractivity contribution in [2.24, 2.45) is 5.92 Å². The van der Waals surface area contributed by atoms with Crippen LogP contribution in [0.2, 0.25) is 0 Å². The zero-order chi connectivity index (χ0) is 12.6. The molecule has 0 radical (unpaired) electrons. The summed E-state index contributed by atoms with van der Waals surface area (Å²) in [7, 11) is 0. The maximum atomic E-state index is 5.74. The lowest BCUT2D eigenvalue weighted by Gasteiger charge is -2.20. The fraction of sp³-hybridized carbons (Fsp3) is 1.00. The molecule has 2 heteroatoms. The lowest BCUT2D eigenvalue weighted by molar-refractivity contribution is 0.0979. The van der Waals surface area contributed by atoms with Gasteiger partial charge in [-0.25, -0.2) is 0 Å². The Balaban J connectivity index is 1.78. The molecule has 0 aromatic rings. The van der Waals surface area contributed by atoms with E-state index in [0.717, 1.165) is 25.7 Å². The third-order valence-electron chi connectivity index (χ3n) is 3.45. The lowest BCUT2D eigenvalue weighted by Crippen LogP contribution is -2.36. The molecule has 0 unspecified atom stereocenters. The van der Waals surface area contributed by atoms with E-state index in [1.54, 1.807) is 0 Å². The second-order valence-corrected chi connectivity index (χ2v) is 6.46. The average Bonchev–Trinajstić information content (AvgIpc) is 2.73. The van der Waals surface area contributed by atoms with Gasteiger partial charge in [0, 0.05) is 18.8 Å². The van der Waals surface area contributed by atoms with Crippen molar-refractivity contribution in [2.75, 3.05) is 19.8 Å². The van der Waals surface area contributed by atoms with E-state index >= 15 is 0 Å². The molecule has 1 rings (SSSR count). The maximum absolute atomic E-state index is 5.74. The normalized spacial score (nSPS) is 17.8. The van der Waals surface area contributed by atoms with Gasteiger partial charge in [-0.3, -0.25) is 0 Å². The Morgan fingerprint density at radius 2 is 1.76 bits per heavy atom. The molecular formula is C15H31NO. The molecule has 0 amide bonds. The van der Waals surface area contributed by atoms with Crippen molar-refractivity contribution >= 4 is 0 Å². The predicted molar refractivity (Wildman–Crippen MR) is 74.4 cm³/mol. The van der Waals surface area contributed by atoms with Crippen molar-refractivity contribution in [3.63, 3.8) is 0 Å². The van der Waals surface area contributed by atoms with Crippen molar-refractivity contribution in [3.8, 4) is 0 Å². The van der Waals surface area contributed by atoms with Gasteiger partial charge < -0.3 is 10.1 Å². The fourth-order valence-electron chi connectivity index (χ4n) is 2.40. The van der Waals surface area contributed by atoms with E-state index in [4.69, 9.17) is 4.74 Å². The van der Waals surface area contributed by atoms with Crippen LogP contribution in [-0.2, 0) is 4.74 Å². The standard InChI is InChI=1S/C15H31NO/c1-15(2,3)16-11-7-4-8-12-17-13-14-9-5-6-10-14/h14,16H,4-13H2,1-3H3. The van der Waals surface area contributed by atoms with E-state index in [0.29, 0.717) is 0 Å². The summed E-state index contributed by atoms with van der Waals surface area (Å²) in [6.45, 7) is 9.77. The number of unbranched alkanes of at least 4 members (excludes halogenated alkanes) is 2. The molecule has 1 saturated carbocycles. The number of ether oxygens (including phenoxy) is 1. The van der Waals surface area contributed by atoms with Crippen LogP contribution >= 0.6 is 0 Å². The summed E-state index contributed by atoms with van der Waals surface area (Å²) in [6.07, 6.45) is 9.42. The minimum atomic E-state index is 0.263. The first-order valence-corrected chi connectivity index (χ1v) is 7.41. The molecular weight excluding hydrogens is 210 g/mol. The molecule has 102 valence electrons. The molecule has 0 atom stereocenters. The second-order valence-electron chi connectivity index (χ2n) is 6.46. The molecule has 0 aromatic heterocycles. The summed E-state index contributed by atoms with van der Waals surface area (Å²) in [4.78, 5) is 0. The highest BCUT2D eigenvalue weighted by molar-refractivity contribution is 4.69. The molecule has 0 spiro atoms. The van der Waals surface area contributed by atoms with Crippen LogP contribution < -0.4 is 5.32 Å². The molecule has 17 heavy (non-hydrogen) atoms. The van der Waals surface area contributed by atoms with Gasteiger partial charge in [0.25, 0.3) is 0 Å². The fourth-order valence-corrected chi connectivity index (χ4v) is 2.40. The number of nitrogens with one attached hydrogen (secondary N) is 1. The van der Waals surface area contributed by atoms with Gasteiger partial charge >= 0.3 is 0 Å². The van der Waals surface area contributed by atoms with E-state index < -0.39 is 0 Å². The van der Waals surface area contributed by atoms with Crippen molar-refractivity contribution < 1.29 is 4.74 Å². The van der Waals surface area contributed by atoms with E-state index in [-0.39, 0.29) is 5.54 Å². The Labute approximate surface area is 108 Å². The highest BCUT2D eigenvalue weighted by atomic mass is 16.5. The van der Waals surface area contributed by atoms with Crippen LogP contribution in [0.15, 0.2) is 0 Å². The Kier molecular flexibility index (Phi) is 7.14. The van der Waals surface area contributed by atoms with E-state index in [9.17, 15) is 0 Å². The van der Waals surface area contributed by atoms with Crippen LogP contribution in [0.5, 0.6) is 0 Å². The molecule has 1 aliphatic carbocycles. The third kappa shape index (κ3) is 8.62. The van der Waals surface area contributed by atoms with Gasteiger partial charge in [-0.15, -0.1) is 0 Å². The average molecular weight is 241 g/mol. The molecule has 0 aliphatic heterocycles. The molecule has 1 aliphatic rings. The van der Waals surface area contributed by atoms with Gasteiger partial charge in [-0.1, -0.05) is 12.8 Å². The molecule has 2 nitrogen and oxygen atoms in total. The molecule has 0 bridgehead atoms. The molecule has 1 N–H and O–H groups in total. The first-order chi connectivity index (χ1) is 8.08. The minimum absolute atomic E-state index is 0.263. The van der Waals surface area contributed by atoms with Gasteiger partial charge in [-0.05, 0) is 65.3 Å². The van der Waals surface area contributed by atoms with Gasteiger partial charge in [0.05, 0.1) is 0 Å². The van der Waals surface area contributed by atoms with Crippen LogP contribution in [0.4, 0.5) is 0 Å². The van der Waals surface area contributed by atoms with Crippen molar-refractivity contribution in [1.29, 1.82) is 0 Å². The van der Waals surface area contributed by atoms with Crippen LogP contribution in [0.3, 0.4) is 0 Å². The first kappa shape index (κ1) is 15.0. The predicted octanol–water partition coefficient (Wildman–Crippen LogP) is 3.75. The molecule has 0 heterocycles. The lowest BCUT2D eigenvalue weighted by atomic mass is 10.1. The zero-order valence-corrected chi connectivity index (χ0v) is 12.1. The van der Waals surface area contributed by atoms with Crippen LogP contribution in [0.1, 0.15) is 65.7 Å². The topological polar surface area (TPSA) is 21.3 Å². The maximum Gasteiger partial charge on any atom is 0.0494 e. The summed E-state index contributed by atoms with van der Waals surface area (Å²) in [5, 5.41) is 3.52. The van der Waals surface area contributed by atoms with Crippen molar-refractivity contribution in [3.05, 3.63) is 0 Å². The van der Waals surface area contributed by atoms with Crippen molar-refractivity contribution in [1.82, 2.24) is 5.32 Å². The van der Waals surface area contributed by atoms with Crippen LogP contribution in [-0.4, -0.2) is 25.3 Å². The van der Waals surface area contributed by atoms with Gasteiger partial charge in [-0.2, -0.15) is 0 Å². The third-order valence-corrected chi connectivity index (χ3v) is 3.45. The summed E-state index contributed by atoms with van der Waals surface area (Å²) >= 11 is 0. The largest absolute Gasteiger partial charge is 0.381 e. The Hall–Kier alpha value is -0.0800. The van der Waals surface area contributed by atoms with Gasteiger partial charge in [0.2, 0.25) is 0 Å². The summed E-state index contributed by atoms with van der Waals surface area (Å²) in [6, 6.07) is 0. The van der Waals surface area contributed by atoms with E-state index in [1.165, 1.54) is 44.9 Å². The summed E-state index contributed by atoms with van der Waals surface area (Å²) < 4.78 is 5.74.